The number of fused-ring (bicyclic) bond motifs is 1. The molecular formula is C13H30N2. The van der Waals surface area contributed by atoms with Crippen molar-refractivity contribution < 1.29 is 0 Å². The van der Waals surface area contributed by atoms with Crippen molar-refractivity contribution in [3.05, 3.63) is 0 Å². The maximum Gasteiger partial charge on any atom is 0.0260 e. The van der Waals surface area contributed by atoms with Crippen LogP contribution in [0.5, 0.6) is 0 Å². The van der Waals surface area contributed by atoms with Crippen LogP contribution < -0.4 is 0 Å². The largest absolute Gasteiger partial charge is 0.304 e. The summed E-state index contributed by atoms with van der Waals surface area (Å²) in [5.74, 6) is 0.971. The number of rotatable bonds is 0. The van der Waals surface area contributed by atoms with E-state index in [-0.39, 0.29) is 0 Å². The highest BCUT2D eigenvalue weighted by molar-refractivity contribution is 4.91. The molecule has 0 aliphatic carbocycles. The van der Waals surface area contributed by atoms with Gasteiger partial charge in [0.05, 0.1) is 0 Å². The van der Waals surface area contributed by atoms with Crippen LogP contribution in [0.25, 0.3) is 0 Å². The molecule has 92 valence electrons. The SMILES string of the molecule is CC.CC.CN1CC2CCCN(C)C2C1. The van der Waals surface area contributed by atoms with E-state index in [0.29, 0.717) is 0 Å². The van der Waals surface area contributed by atoms with E-state index in [4.69, 9.17) is 0 Å². The van der Waals surface area contributed by atoms with E-state index in [0.717, 1.165) is 12.0 Å². The lowest BCUT2D eigenvalue weighted by Gasteiger charge is -2.33. The average Bonchev–Trinajstić information content (AvgIpc) is 2.66. The molecule has 0 aromatic heterocycles. The molecule has 15 heavy (non-hydrogen) atoms. The van der Waals surface area contributed by atoms with Gasteiger partial charge in [0.2, 0.25) is 0 Å². The zero-order valence-corrected chi connectivity index (χ0v) is 11.6. The second-order valence-corrected chi connectivity index (χ2v) is 4.17. The fraction of sp³-hybridized carbons (Fsp3) is 1.00. The van der Waals surface area contributed by atoms with E-state index in [1.165, 1.54) is 32.5 Å². The molecule has 2 aliphatic heterocycles. The van der Waals surface area contributed by atoms with Gasteiger partial charge in [-0.3, -0.25) is 0 Å². The summed E-state index contributed by atoms with van der Waals surface area (Å²) < 4.78 is 0. The predicted molar refractivity (Wildman–Crippen MR) is 69.3 cm³/mol. The molecule has 2 saturated heterocycles. The molecule has 2 rings (SSSR count). The van der Waals surface area contributed by atoms with Gasteiger partial charge in [-0.1, -0.05) is 27.7 Å². The third kappa shape index (κ3) is 4.12. The van der Waals surface area contributed by atoms with E-state index >= 15 is 0 Å². The quantitative estimate of drug-likeness (QED) is 0.612. The molecule has 2 atom stereocenters. The lowest BCUT2D eigenvalue weighted by Crippen LogP contribution is -2.42. The Balaban J connectivity index is 0.000000442. The first-order valence-electron chi connectivity index (χ1n) is 6.66. The van der Waals surface area contributed by atoms with Crippen LogP contribution >= 0.6 is 0 Å². The van der Waals surface area contributed by atoms with Gasteiger partial charge in [0.15, 0.2) is 0 Å². The number of piperidine rings is 1. The van der Waals surface area contributed by atoms with Crippen LogP contribution in [0.4, 0.5) is 0 Å². The average molecular weight is 214 g/mol. The van der Waals surface area contributed by atoms with Gasteiger partial charge in [-0.15, -0.1) is 0 Å². The topological polar surface area (TPSA) is 6.48 Å². The zero-order valence-electron chi connectivity index (χ0n) is 11.6. The molecule has 2 nitrogen and oxygen atoms in total. The van der Waals surface area contributed by atoms with Crippen molar-refractivity contribution in [2.75, 3.05) is 33.7 Å². The summed E-state index contributed by atoms with van der Waals surface area (Å²) in [5.41, 5.74) is 0. The number of hydrogen-bond acceptors (Lipinski definition) is 2. The van der Waals surface area contributed by atoms with Gasteiger partial charge in [-0.25, -0.2) is 0 Å². The molecule has 2 aliphatic rings. The second-order valence-electron chi connectivity index (χ2n) is 4.17. The Hall–Kier alpha value is -0.0800. The van der Waals surface area contributed by atoms with Gasteiger partial charge in [0, 0.05) is 19.1 Å². The minimum absolute atomic E-state index is 0.869. The molecule has 0 bridgehead atoms. The van der Waals surface area contributed by atoms with Crippen molar-refractivity contribution in [1.29, 1.82) is 0 Å². The van der Waals surface area contributed by atoms with Gasteiger partial charge in [0.1, 0.15) is 0 Å². The minimum atomic E-state index is 0.869. The van der Waals surface area contributed by atoms with Crippen molar-refractivity contribution in [2.24, 2.45) is 5.92 Å². The maximum atomic E-state index is 2.54. The Morgan fingerprint density at radius 2 is 1.53 bits per heavy atom. The van der Waals surface area contributed by atoms with Crippen molar-refractivity contribution in [3.63, 3.8) is 0 Å². The van der Waals surface area contributed by atoms with Crippen LogP contribution in [0.2, 0.25) is 0 Å². The van der Waals surface area contributed by atoms with Crippen molar-refractivity contribution in [2.45, 2.75) is 46.6 Å². The molecule has 0 aromatic rings. The molecular weight excluding hydrogens is 184 g/mol. The molecule has 2 heterocycles. The van der Waals surface area contributed by atoms with Gasteiger partial charge in [-0.2, -0.15) is 0 Å². The van der Waals surface area contributed by atoms with Crippen LogP contribution in [0, 0.1) is 5.92 Å². The molecule has 0 amide bonds. The molecule has 0 radical (unpaired) electrons. The third-order valence-electron chi connectivity index (χ3n) is 3.24. The summed E-state index contributed by atoms with van der Waals surface area (Å²) in [5, 5.41) is 0. The van der Waals surface area contributed by atoms with E-state index in [9.17, 15) is 0 Å². The fourth-order valence-corrected chi connectivity index (χ4v) is 2.62. The van der Waals surface area contributed by atoms with Crippen LogP contribution in [0.1, 0.15) is 40.5 Å². The number of likely N-dealkylation sites (tertiary alicyclic amines) is 2. The Morgan fingerprint density at radius 1 is 0.933 bits per heavy atom. The first-order chi connectivity index (χ1) is 7.27. The zero-order chi connectivity index (χ0) is 11.8. The first kappa shape index (κ1) is 14.9. The molecule has 0 spiro atoms. The van der Waals surface area contributed by atoms with E-state index < -0.39 is 0 Å². The predicted octanol–water partition coefficient (Wildman–Crippen LogP) is 2.69. The van der Waals surface area contributed by atoms with Crippen molar-refractivity contribution in [1.82, 2.24) is 9.80 Å². The highest BCUT2D eigenvalue weighted by Gasteiger charge is 2.35. The summed E-state index contributed by atoms with van der Waals surface area (Å²) >= 11 is 0. The molecule has 2 heteroatoms. The van der Waals surface area contributed by atoms with Crippen molar-refractivity contribution >= 4 is 0 Å². The lowest BCUT2D eigenvalue weighted by atomic mass is 9.93. The first-order valence-corrected chi connectivity index (χ1v) is 6.66. The maximum absolute atomic E-state index is 2.54. The summed E-state index contributed by atoms with van der Waals surface area (Å²) in [6.07, 6.45) is 2.87. The summed E-state index contributed by atoms with van der Waals surface area (Å²) in [4.78, 5) is 5.01. The number of nitrogens with zero attached hydrogens (tertiary/aromatic N) is 2. The number of likely N-dealkylation sites (N-methyl/N-ethyl adjacent to an activating group) is 2. The standard InChI is InChI=1S/C9H18N2.2C2H6/c1-10-6-8-4-3-5-11(2)9(8)7-10;2*1-2/h8-9H,3-7H2,1-2H3;2*1-2H3. The van der Waals surface area contributed by atoms with E-state index in [1.54, 1.807) is 0 Å². The highest BCUT2D eigenvalue weighted by Crippen LogP contribution is 2.28. The van der Waals surface area contributed by atoms with Gasteiger partial charge in [-0.05, 0) is 39.4 Å². The second kappa shape index (κ2) is 8.12. The van der Waals surface area contributed by atoms with Gasteiger partial charge >= 0.3 is 0 Å². The van der Waals surface area contributed by atoms with Crippen LogP contribution in [0.3, 0.4) is 0 Å². The minimum Gasteiger partial charge on any atom is -0.304 e. The molecule has 2 fully saturated rings. The normalized spacial score (nSPS) is 30.8. The van der Waals surface area contributed by atoms with Crippen LogP contribution in [0.15, 0.2) is 0 Å². The Bertz CT molecular complexity index is 147. The number of hydrogen-bond donors (Lipinski definition) is 0. The molecule has 0 aromatic carbocycles. The van der Waals surface area contributed by atoms with Gasteiger partial charge < -0.3 is 9.80 Å². The Kier molecular flexibility index (Phi) is 8.07. The van der Waals surface area contributed by atoms with E-state index in [2.05, 4.69) is 23.9 Å². The third-order valence-corrected chi connectivity index (χ3v) is 3.24. The molecule has 0 N–H and O–H groups in total. The van der Waals surface area contributed by atoms with Gasteiger partial charge in [0.25, 0.3) is 0 Å². The van der Waals surface area contributed by atoms with Crippen LogP contribution in [-0.4, -0.2) is 49.6 Å². The summed E-state index contributed by atoms with van der Waals surface area (Å²) in [6, 6.07) is 0.869. The van der Waals surface area contributed by atoms with Crippen molar-refractivity contribution in [3.8, 4) is 0 Å². The lowest BCUT2D eigenvalue weighted by molar-refractivity contribution is 0.157. The Morgan fingerprint density at radius 3 is 2.07 bits per heavy atom. The van der Waals surface area contributed by atoms with E-state index in [1.807, 2.05) is 27.7 Å². The van der Waals surface area contributed by atoms with Crippen LogP contribution in [-0.2, 0) is 0 Å². The summed E-state index contributed by atoms with van der Waals surface area (Å²) in [7, 11) is 4.52. The molecule has 2 unspecified atom stereocenters. The fourth-order valence-electron chi connectivity index (χ4n) is 2.62. The monoisotopic (exact) mass is 214 g/mol. The highest BCUT2D eigenvalue weighted by atomic mass is 15.2. The smallest absolute Gasteiger partial charge is 0.0260 e. The Labute approximate surface area is 96.6 Å². The summed E-state index contributed by atoms with van der Waals surface area (Å²) in [6.45, 7) is 11.9. The molecule has 0 saturated carbocycles.